The molecule has 0 aliphatic carbocycles. The molecule has 0 aromatic heterocycles. The van der Waals surface area contributed by atoms with Crippen LogP contribution in [0.4, 0.5) is 4.39 Å². The molecule has 118 valence electrons. The average Bonchev–Trinajstić information content (AvgIpc) is 2.39. The number of carbonyl (C=O) groups excluding carboxylic acids is 1. The van der Waals surface area contributed by atoms with E-state index in [1.807, 2.05) is 0 Å². The summed E-state index contributed by atoms with van der Waals surface area (Å²) in [7, 11) is -2.46. The summed E-state index contributed by atoms with van der Waals surface area (Å²) in [6.45, 7) is 4.04. The van der Waals surface area contributed by atoms with Gasteiger partial charge in [-0.1, -0.05) is 19.8 Å². The highest BCUT2D eigenvalue weighted by Crippen LogP contribution is 2.21. The summed E-state index contributed by atoms with van der Waals surface area (Å²) < 4.78 is 36.5. The number of nitrogens with zero attached hydrogens (tertiary/aromatic N) is 1. The van der Waals surface area contributed by atoms with Gasteiger partial charge in [0.25, 0.3) is 5.91 Å². The van der Waals surface area contributed by atoms with Crippen molar-refractivity contribution in [3.05, 3.63) is 29.1 Å². The van der Waals surface area contributed by atoms with Crippen LogP contribution in [0.3, 0.4) is 0 Å². The van der Waals surface area contributed by atoms with Crippen LogP contribution >= 0.6 is 0 Å². The number of rotatable bonds is 6. The van der Waals surface area contributed by atoms with Crippen molar-refractivity contribution >= 4 is 15.9 Å². The SMILES string of the molecule is CCCCCN(C)C(=O)c1cc(F)cc(S(N)(=O)=O)c1C. The van der Waals surface area contributed by atoms with Gasteiger partial charge >= 0.3 is 0 Å². The smallest absolute Gasteiger partial charge is 0.254 e. The molecule has 0 saturated heterocycles. The Morgan fingerprint density at radius 3 is 2.48 bits per heavy atom. The van der Waals surface area contributed by atoms with Crippen LogP contribution in [0.15, 0.2) is 17.0 Å². The maximum atomic E-state index is 13.6. The van der Waals surface area contributed by atoms with Crippen molar-refractivity contribution < 1.29 is 17.6 Å². The molecule has 2 N–H and O–H groups in total. The van der Waals surface area contributed by atoms with Gasteiger partial charge < -0.3 is 4.90 Å². The van der Waals surface area contributed by atoms with E-state index >= 15 is 0 Å². The third kappa shape index (κ3) is 4.50. The average molecular weight is 316 g/mol. The molecule has 0 aliphatic heterocycles. The largest absolute Gasteiger partial charge is 0.342 e. The van der Waals surface area contributed by atoms with Crippen molar-refractivity contribution in [1.29, 1.82) is 0 Å². The summed E-state index contributed by atoms with van der Waals surface area (Å²) in [6, 6.07) is 1.88. The van der Waals surface area contributed by atoms with E-state index in [-0.39, 0.29) is 16.0 Å². The van der Waals surface area contributed by atoms with E-state index in [2.05, 4.69) is 6.92 Å². The van der Waals surface area contributed by atoms with E-state index in [9.17, 15) is 17.6 Å². The van der Waals surface area contributed by atoms with Gasteiger partial charge in [0.2, 0.25) is 10.0 Å². The lowest BCUT2D eigenvalue weighted by Crippen LogP contribution is -2.29. The van der Waals surface area contributed by atoms with Crippen molar-refractivity contribution in [3.63, 3.8) is 0 Å². The minimum atomic E-state index is -4.07. The molecule has 21 heavy (non-hydrogen) atoms. The van der Waals surface area contributed by atoms with Crippen LogP contribution in [0.5, 0.6) is 0 Å². The predicted octanol–water partition coefficient (Wildman–Crippen LogP) is 2.04. The highest BCUT2D eigenvalue weighted by atomic mass is 32.2. The molecule has 0 heterocycles. The Morgan fingerprint density at radius 1 is 1.33 bits per heavy atom. The Hall–Kier alpha value is -1.47. The van der Waals surface area contributed by atoms with Gasteiger partial charge in [0.1, 0.15) is 5.82 Å². The maximum absolute atomic E-state index is 13.6. The number of benzene rings is 1. The molecule has 0 atom stereocenters. The molecule has 7 heteroatoms. The Labute approximate surface area is 125 Å². The number of primary sulfonamides is 1. The Bertz CT molecular complexity index is 629. The number of hydrogen-bond acceptors (Lipinski definition) is 3. The number of unbranched alkanes of at least 4 members (excludes halogenated alkanes) is 2. The first-order valence-electron chi connectivity index (χ1n) is 6.77. The lowest BCUT2D eigenvalue weighted by molar-refractivity contribution is 0.0791. The summed E-state index contributed by atoms with van der Waals surface area (Å²) >= 11 is 0. The molecule has 1 rings (SSSR count). The van der Waals surface area contributed by atoms with Crippen LogP contribution in [-0.4, -0.2) is 32.8 Å². The summed E-state index contributed by atoms with van der Waals surface area (Å²) in [5.74, 6) is -1.21. The first-order chi connectivity index (χ1) is 9.68. The van der Waals surface area contributed by atoms with E-state index in [0.29, 0.717) is 6.54 Å². The molecule has 0 bridgehead atoms. The number of carbonyl (C=O) groups is 1. The van der Waals surface area contributed by atoms with Crippen molar-refractivity contribution in [2.75, 3.05) is 13.6 Å². The maximum Gasteiger partial charge on any atom is 0.254 e. The number of amides is 1. The second kappa shape index (κ2) is 7.00. The van der Waals surface area contributed by atoms with Gasteiger partial charge in [-0.3, -0.25) is 4.79 Å². The second-order valence-electron chi connectivity index (χ2n) is 5.06. The van der Waals surface area contributed by atoms with E-state index in [1.165, 1.54) is 11.8 Å². The van der Waals surface area contributed by atoms with Gasteiger partial charge in [-0.2, -0.15) is 0 Å². The Morgan fingerprint density at radius 2 is 1.95 bits per heavy atom. The van der Waals surface area contributed by atoms with Crippen LogP contribution in [0.2, 0.25) is 0 Å². The topological polar surface area (TPSA) is 80.5 Å². The summed E-state index contributed by atoms with van der Waals surface area (Å²) in [6.07, 6.45) is 2.86. The van der Waals surface area contributed by atoms with Gasteiger partial charge in [-0.05, 0) is 31.0 Å². The first-order valence-corrected chi connectivity index (χ1v) is 8.31. The fourth-order valence-corrected chi connectivity index (χ4v) is 2.89. The molecule has 1 aromatic rings. The molecule has 5 nitrogen and oxygen atoms in total. The van der Waals surface area contributed by atoms with E-state index in [0.717, 1.165) is 31.4 Å². The normalized spacial score (nSPS) is 11.5. The molecule has 1 aromatic carbocycles. The van der Waals surface area contributed by atoms with Crippen LogP contribution in [0, 0.1) is 12.7 Å². The minimum absolute atomic E-state index is 0.0259. The zero-order chi connectivity index (χ0) is 16.2. The zero-order valence-corrected chi connectivity index (χ0v) is 13.3. The third-order valence-electron chi connectivity index (χ3n) is 3.31. The standard InChI is InChI=1S/C14H21FN2O3S/c1-4-5-6-7-17(3)14(18)12-8-11(15)9-13(10(12)2)21(16,19)20/h8-9H,4-7H2,1-3H3,(H2,16,19,20). The molecule has 1 amide bonds. The van der Waals surface area contributed by atoms with Gasteiger partial charge in [0.05, 0.1) is 4.90 Å². The van der Waals surface area contributed by atoms with Crippen molar-refractivity contribution in [2.45, 2.75) is 38.0 Å². The number of sulfonamides is 1. The lowest BCUT2D eigenvalue weighted by atomic mass is 10.1. The molecule has 0 spiro atoms. The van der Waals surface area contributed by atoms with Crippen LogP contribution < -0.4 is 5.14 Å². The first kappa shape index (κ1) is 17.6. The van der Waals surface area contributed by atoms with Gasteiger partial charge in [-0.25, -0.2) is 17.9 Å². The van der Waals surface area contributed by atoms with Gasteiger partial charge in [0.15, 0.2) is 0 Å². The number of hydrogen-bond donors (Lipinski definition) is 1. The predicted molar refractivity (Wildman–Crippen MR) is 79.0 cm³/mol. The quantitative estimate of drug-likeness (QED) is 0.816. The second-order valence-corrected chi connectivity index (χ2v) is 6.59. The number of nitrogens with two attached hydrogens (primary N) is 1. The summed E-state index contributed by atoms with van der Waals surface area (Å²) in [4.78, 5) is 13.4. The Balaban J connectivity index is 3.13. The van der Waals surface area contributed by atoms with Crippen LogP contribution in [-0.2, 0) is 10.0 Å². The highest BCUT2D eigenvalue weighted by molar-refractivity contribution is 7.89. The van der Waals surface area contributed by atoms with Crippen molar-refractivity contribution in [2.24, 2.45) is 5.14 Å². The lowest BCUT2D eigenvalue weighted by Gasteiger charge is -2.19. The van der Waals surface area contributed by atoms with Crippen LogP contribution in [0.1, 0.15) is 42.1 Å². The fourth-order valence-electron chi connectivity index (χ4n) is 2.08. The third-order valence-corrected chi connectivity index (χ3v) is 4.34. The Kier molecular flexibility index (Phi) is 5.86. The molecule has 0 radical (unpaired) electrons. The van der Waals surface area contributed by atoms with Gasteiger partial charge in [0, 0.05) is 19.2 Å². The monoisotopic (exact) mass is 316 g/mol. The highest BCUT2D eigenvalue weighted by Gasteiger charge is 2.21. The van der Waals surface area contributed by atoms with E-state index in [4.69, 9.17) is 5.14 Å². The summed E-state index contributed by atoms with van der Waals surface area (Å²) in [5.41, 5.74) is 0.198. The fraction of sp³-hybridized carbons (Fsp3) is 0.500. The molecule has 0 unspecified atom stereocenters. The van der Waals surface area contributed by atoms with Crippen LogP contribution in [0.25, 0.3) is 0 Å². The molecular formula is C14H21FN2O3S. The van der Waals surface area contributed by atoms with Crippen molar-refractivity contribution in [1.82, 2.24) is 4.90 Å². The van der Waals surface area contributed by atoms with Crippen molar-refractivity contribution in [3.8, 4) is 0 Å². The molecular weight excluding hydrogens is 295 g/mol. The summed E-state index contributed by atoms with van der Waals surface area (Å²) in [5, 5.41) is 5.05. The van der Waals surface area contributed by atoms with E-state index < -0.39 is 21.7 Å². The molecule has 0 fully saturated rings. The minimum Gasteiger partial charge on any atom is -0.342 e. The molecule has 0 aliphatic rings. The van der Waals surface area contributed by atoms with Gasteiger partial charge in [-0.15, -0.1) is 0 Å². The van der Waals surface area contributed by atoms with E-state index in [1.54, 1.807) is 7.05 Å². The molecule has 0 saturated carbocycles. The zero-order valence-electron chi connectivity index (χ0n) is 12.5. The number of halogens is 1.